The molecular weight excluding hydrogens is 370 g/mol. The van der Waals surface area contributed by atoms with Crippen molar-refractivity contribution in [1.82, 2.24) is 4.90 Å². The zero-order valence-corrected chi connectivity index (χ0v) is 17.1. The minimum atomic E-state index is -0.0716. The van der Waals surface area contributed by atoms with Crippen molar-refractivity contribution in [3.8, 4) is 17.2 Å². The highest BCUT2D eigenvalue weighted by Gasteiger charge is 2.15. The third-order valence-electron chi connectivity index (χ3n) is 4.86. The van der Waals surface area contributed by atoms with E-state index in [9.17, 15) is 4.79 Å². The number of methoxy groups -OCH3 is 3. The standard InChI is InChI=1S/C23H27NO5/c1-26-20-12-17(13-21(15-20)27-2)4-6-22(25)18-5-7-23(28-3)19(14-18)16-24-8-10-29-11-9-24/h4-7,12-15H,8-11,16H2,1-3H3/b6-4+. The number of hydrogen-bond donors (Lipinski definition) is 0. The van der Waals surface area contributed by atoms with Gasteiger partial charge in [-0.25, -0.2) is 0 Å². The van der Waals surface area contributed by atoms with Crippen molar-refractivity contribution in [2.24, 2.45) is 0 Å². The van der Waals surface area contributed by atoms with Crippen molar-refractivity contribution in [1.29, 1.82) is 0 Å². The van der Waals surface area contributed by atoms with Gasteiger partial charge in [0.1, 0.15) is 17.2 Å². The van der Waals surface area contributed by atoms with Crippen LogP contribution in [0.4, 0.5) is 0 Å². The van der Waals surface area contributed by atoms with E-state index in [0.717, 1.165) is 49.7 Å². The average molecular weight is 397 g/mol. The summed E-state index contributed by atoms with van der Waals surface area (Å²) in [5.41, 5.74) is 2.45. The third kappa shape index (κ3) is 5.59. The number of carbonyl (C=O) groups excluding carboxylic acids is 1. The molecule has 6 nitrogen and oxygen atoms in total. The molecule has 154 valence electrons. The van der Waals surface area contributed by atoms with Gasteiger partial charge < -0.3 is 18.9 Å². The minimum absolute atomic E-state index is 0.0716. The van der Waals surface area contributed by atoms with Gasteiger partial charge in [0.2, 0.25) is 0 Å². The van der Waals surface area contributed by atoms with Crippen LogP contribution < -0.4 is 14.2 Å². The van der Waals surface area contributed by atoms with Gasteiger partial charge in [-0.05, 0) is 42.0 Å². The Kier molecular flexibility index (Phi) is 7.27. The first-order valence-corrected chi connectivity index (χ1v) is 9.55. The maximum Gasteiger partial charge on any atom is 0.185 e. The molecule has 29 heavy (non-hydrogen) atoms. The van der Waals surface area contributed by atoms with E-state index < -0.39 is 0 Å². The Bertz CT molecular complexity index is 849. The van der Waals surface area contributed by atoms with Gasteiger partial charge in [-0.1, -0.05) is 6.08 Å². The first kappa shape index (κ1) is 20.9. The van der Waals surface area contributed by atoms with E-state index in [4.69, 9.17) is 18.9 Å². The third-order valence-corrected chi connectivity index (χ3v) is 4.86. The van der Waals surface area contributed by atoms with Crippen LogP contribution in [0.15, 0.2) is 42.5 Å². The van der Waals surface area contributed by atoms with Gasteiger partial charge in [0.25, 0.3) is 0 Å². The van der Waals surface area contributed by atoms with Crippen LogP contribution in [0.25, 0.3) is 6.08 Å². The van der Waals surface area contributed by atoms with Crippen LogP contribution in [-0.2, 0) is 11.3 Å². The number of hydrogen-bond acceptors (Lipinski definition) is 6. The maximum absolute atomic E-state index is 12.7. The predicted molar refractivity (Wildman–Crippen MR) is 112 cm³/mol. The summed E-state index contributed by atoms with van der Waals surface area (Å²) < 4.78 is 21.4. The summed E-state index contributed by atoms with van der Waals surface area (Å²) in [5, 5.41) is 0. The van der Waals surface area contributed by atoms with Crippen molar-refractivity contribution in [2.75, 3.05) is 47.6 Å². The Balaban J connectivity index is 1.78. The molecule has 0 N–H and O–H groups in total. The van der Waals surface area contributed by atoms with Crippen LogP contribution in [0.5, 0.6) is 17.2 Å². The molecule has 0 saturated carbocycles. The fourth-order valence-electron chi connectivity index (χ4n) is 3.25. The summed E-state index contributed by atoms with van der Waals surface area (Å²) in [5.74, 6) is 2.06. The number of ketones is 1. The summed E-state index contributed by atoms with van der Waals surface area (Å²) in [6.45, 7) is 3.93. The number of nitrogens with zero attached hydrogens (tertiary/aromatic N) is 1. The summed E-state index contributed by atoms with van der Waals surface area (Å²) in [7, 11) is 4.84. The summed E-state index contributed by atoms with van der Waals surface area (Å²) in [4.78, 5) is 15.0. The molecule has 1 aliphatic heterocycles. The van der Waals surface area contributed by atoms with Crippen molar-refractivity contribution in [2.45, 2.75) is 6.54 Å². The molecule has 0 atom stereocenters. The Morgan fingerprint density at radius 3 is 2.31 bits per heavy atom. The van der Waals surface area contributed by atoms with Crippen LogP contribution in [-0.4, -0.2) is 58.3 Å². The molecule has 0 aliphatic carbocycles. The van der Waals surface area contributed by atoms with Gasteiger partial charge in [0, 0.05) is 36.8 Å². The number of rotatable bonds is 8. The number of ether oxygens (including phenoxy) is 4. The molecule has 1 saturated heterocycles. The van der Waals surface area contributed by atoms with Gasteiger partial charge in [0.05, 0.1) is 34.5 Å². The lowest BCUT2D eigenvalue weighted by molar-refractivity contribution is 0.0338. The Morgan fingerprint density at radius 2 is 1.69 bits per heavy atom. The topological polar surface area (TPSA) is 57.2 Å². The lowest BCUT2D eigenvalue weighted by Crippen LogP contribution is -2.35. The molecule has 0 radical (unpaired) electrons. The lowest BCUT2D eigenvalue weighted by Gasteiger charge is -2.27. The fraction of sp³-hybridized carbons (Fsp3) is 0.348. The molecule has 0 spiro atoms. The number of morpholine rings is 1. The SMILES string of the molecule is COc1cc(/C=C/C(=O)c2ccc(OC)c(CN3CCOCC3)c2)cc(OC)c1. The summed E-state index contributed by atoms with van der Waals surface area (Å²) in [6.07, 6.45) is 3.33. The Hall–Kier alpha value is -2.83. The molecule has 0 amide bonds. The van der Waals surface area contributed by atoms with E-state index >= 15 is 0 Å². The molecule has 2 aromatic rings. The number of benzene rings is 2. The van der Waals surface area contributed by atoms with Gasteiger partial charge in [-0.15, -0.1) is 0 Å². The summed E-state index contributed by atoms with van der Waals surface area (Å²) in [6, 6.07) is 11.0. The van der Waals surface area contributed by atoms with Crippen molar-refractivity contribution in [3.63, 3.8) is 0 Å². The lowest BCUT2D eigenvalue weighted by atomic mass is 10.0. The van der Waals surface area contributed by atoms with Crippen LogP contribution in [0.2, 0.25) is 0 Å². The first-order valence-electron chi connectivity index (χ1n) is 9.55. The van der Waals surface area contributed by atoms with Gasteiger partial charge in [0.15, 0.2) is 5.78 Å². The number of allylic oxidation sites excluding steroid dienone is 1. The van der Waals surface area contributed by atoms with E-state index in [0.29, 0.717) is 17.1 Å². The van der Waals surface area contributed by atoms with E-state index in [1.807, 2.05) is 24.3 Å². The van der Waals surface area contributed by atoms with Gasteiger partial charge in [-0.2, -0.15) is 0 Å². The molecule has 6 heteroatoms. The normalized spacial score (nSPS) is 14.7. The number of carbonyl (C=O) groups is 1. The largest absolute Gasteiger partial charge is 0.497 e. The highest BCUT2D eigenvalue weighted by molar-refractivity contribution is 6.07. The zero-order chi connectivity index (χ0) is 20.6. The zero-order valence-electron chi connectivity index (χ0n) is 17.1. The highest BCUT2D eigenvalue weighted by Crippen LogP contribution is 2.25. The predicted octanol–water partition coefficient (Wildman–Crippen LogP) is 3.44. The molecule has 1 aliphatic rings. The van der Waals surface area contributed by atoms with Gasteiger partial charge in [-0.3, -0.25) is 9.69 Å². The van der Waals surface area contributed by atoms with E-state index in [2.05, 4.69) is 4.90 Å². The molecule has 0 aromatic heterocycles. The Labute approximate surface area is 171 Å². The van der Waals surface area contributed by atoms with Crippen molar-refractivity contribution < 1.29 is 23.7 Å². The molecule has 3 rings (SSSR count). The quantitative estimate of drug-likeness (QED) is 0.502. The fourth-order valence-corrected chi connectivity index (χ4v) is 3.25. The minimum Gasteiger partial charge on any atom is -0.497 e. The molecule has 2 aromatic carbocycles. The molecular formula is C23H27NO5. The van der Waals surface area contributed by atoms with E-state index in [1.165, 1.54) is 0 Å². The maximum atomic E-state index is 12.7. The first-order chi connectivity index (χ1) is 14.1. The summed E-state index contributed by atoms with van der Waals surface area (Å²) >= 11 is 0. The second-order valence-electron chi connectivity index (χ2n) is 6.76. The average Bonchev–Trinajstić information content (AvgIpc) is 2.77. The van der Waals surface area contributed by atoms with Crippen LogP contribution >= 0.6 is 0 Å². The van der Waals surface area contributed by atoms with Crippen LogP contribution in [0, 0.1) is 0 Å². The van der Waals surface area contributed by atoms with E-state index in [-0.39, 0.29) is 5.78 Å². The van der Waals surface area contributed by atoms with Crippen LogP contribution in [0.3, 0.4) is 0 Å². The van der Waals surface area contributed by atoms with Crippen molar-refractivity contribution >= 4 is 11.9 Å². The van der Waals surface area contributed by atoms with E-state index in [1.54, 1.807) is 45.6 Å². The molecule has 1 fully saturated rings. The molecule has 1 heterocycles. The second kappa shape index (κ2) is 10.1. The molecule has 0 unspecified atom stereocenters. The highest BCUT2D eigenvalue weighted by atomic mass is 16.5. The monoisotopic (exact) mass is 397 g/mol. The smallest absolute Gasteiger partial charge is 0.185 e. The van der Waals surface area contributed by atoms with Crippen molar-refractivity contribution in [3.05, 3.63) is 59.2 Å². The van der Waals surface area contributed by atoms with Gasteiger partial charge >= 0.3 is 0 Å². The second-order valence-corrected chi connectivity index (χ2v) is 6.76. The van der Waals surface area contributed by atoms with Crippen LogP contribution in [0.1, 0.15) is 21.5 Å². The Morgan fingerprint density at radius 1 is 1.00 bits per heavy atom. The molecule has 0 bridgehead atoms.